The summed E-state index contributed by atoms with van der Waals surface area (Å²) in [6.45, 7) is 1.51. The summed E-state index contributed by atoms with van der Waals surface area (Å²) in [7, 11) is 0. The lowest BCUT2D eigenvalue weighted by Gasteiger charge is -2.34. The molecule has 0 spiro atoms. The minimum absolute atomic E-state index is 0.222. The summed E-state index contributed by atoms with van der Waals surface area (Å²) in [6, 6.07) is 12.9. The van der Waals surface area contributed by atoms with Gasteiger partial charge in [0.05, 0.1) is 6.04 Å². The van der Waals surface area contributed by atoms with Crippen molar-refractivity contribution in [3.8, 4) is 11.4 Å². The van der Waals surface area contributed by atoms with E-state index >= 15 is 0 Å². The van der Waals surface area contributed by atoms with Gasteiger partial charge in [0, 0.05) is 21.9 Å². The number of tetrazole rings is 1. The third-order valence-corrected chi connectivity index (χ3v) is 6.66. The Balaban J connectivity index is 1.42. The maximum atomic E-state index is 13.1. The van der Waals surface area contributed by atoms with Gasteiger partial charge in [0.25, 0.3) is 0 Å². The van der Waals surface area contributed by atoms with Crippen LogP contribution in [0.1, 0.15) is 21.4 Å². The fraction of sp³-hybridized carbons (Fsp3) is 0.211. The van der Waals surface area contributed by atoms with E-state index in [1.54, 1.807) is 28.3 Å². The van der Waals surface area contributed by atoms with Crippen molar-refractivity contribution in [2.45, 2.75) is 19.1 Å². The van der Waals surface area contributed by atoms with Crippen LogP contribution in [0.4, 0.5) is 4.39 Å². The molecule has 5 rings (SSSR count). The van der Waals surface area contributed by atoms with Gasteiger partial charge in [-0.25, -0.2) is 4.39 Å². The van der Waals surface area contributed by atoms with E-state index in [0.717, 1.165) is 18.5 Å². The van der Waals surface area contributed by atoms with Gasteiger partial charge in [-0.1, -0.05) is 6.07 Å². The van der Waals surface area contributed by atoms with Crippen LogP contribution < -0.4 is 0 Å². The molecule has 0 bridgehead atoms. The molecule has 1 aliphatic rings. The molecule has 0 fully saturated rings. The van der Waals surface area contributed by atoms with E-state index in [1.165, 1.54) is 27.5 Å². The molecule has 4 heterocycles. The molecule has 0 aliphatic carbocycles. The predicted molar refractivity (Wildman–Crippen MR) is 104 cm³/mol. The van der Waals surface area contributed by atoms with Crippen molar-refractivity contribution < 1.29 is 4.39 Å². The Morgan fingerprint density at radius 3 is 2.78 bits per heavy atom. The normalized spacial score (nSPS) is 17.1. The van der Waals surface area contributed by atoms with Gasteiger partial charge < -0.3 is 0 Å². The first-order chi connectivity index (χ1) is 13.3. The molecule has 0 amide bonds. The summed E-state index contributed by atoms with van der Waals surface area (Å²) < 4.78 is 13.1. The molecule has 0 saturated carbocycles. The third kappa shape index (κ3) is 3.20. The van der Waals surface area contributed by atoms with Gasteiger partial charge in [0.2, 0.25) is 5.82 Å². The minimum atomic E-state index is -0.273. The Morgan fingerprint density at radius 2 is 1.96 bits per heavy atom. The molecule has 5 nitrogen and oxygen atoms in total. The first-order valence-corrected chi connectivity index (χ1v) is 10.4. The Hall–Kier alpha value is -2.42. The highest BCUT2D eigenvalue weighted by Crippen LogP contribution is 2.39. The van der Waals surface area contributed by atoms with E-state index in [-0.39, 0.29) is 11.9 Å². The molecule has 1 aromatic carbocycles. The Morgan fingerprint density at radius 1 is 1.07 bits per heavy atom. The number of rotatable bonds is 4. The average Bonchev–Trinajstić information content (AvgIpc) is 3.44. The fourth-order valence-corrected chi connectivity index (χ4v) is 5.26. The van der Waals surface area contributed by atoms with E-state index in [0.29, 0.717) is 12.5 Å². The number of aromatic nitrogens is 4. The first kappa shape index (κ1) is 16.7. The highest BCUT2D eigenvalue weighted by Gasteiger charge is 2.30. The lowest BCUT2D eigenvalue weighted by Crippen LogP contribution is -2.37. The smallest absolute Gasteiger partial charge is 0.204 e. The topological polar surface area (TPSA) is 46.8 Å². The van der Waals surface area contributed by atoms with Crippen molar-refractivity contribution in [3.05, 3.63) is 74.4 Å². The van der Waals surface area contributed by atoms with Crippen LogP contribution in [0.25, 0.3) is 11.4 Å². The molecular weight excluding hydrogens is 381 g/mol. The molecule has 0 saturated heterocycles. The largest absolute Gasteiger partial charge is 0.270 e. The van der Waals surface area contributed by atoms with Gasteiger partial charge >= 0.3 is 0 Å². The summed E-state index contributed by atoms with van der Waals surface area (Å²) in [5.74, 6) is 0.237. The van der Waals surface area contributed by atoms with Crippen molar-refractivity contribution >= 4 is 22.7 Å². The first-order valence-electron chi connectivity index (χ1n) is 8.65. The van der Waals surface area contributed by atoms with Crippen LogP contribution in [0.15, 0.2) is 53.2 Å². The van der Waals surface area contributed by atoms with E-state index in [9.17, 15) is 4.39 Å². The quantitative estimate of drug-likeness (QED) is 0.518. The number of hydrogen-bond acceptors (Lipinski definition) is 6. The van der Waals surface area contributed by atoms with Crippen molar-refractivity contribution in [1.29, 1.82) is 0 Å². The fourth-order valence-electron chi connectivity index (χ4n) is 3.48. The molecule has 3 aromatic heterocycles. The monoisotopic (exact) mass is 397 g/mol. The van der Waals surface area contributed by atoms with Gasteiger partial charge in [-0.05, 0) is 64.4 Å². The Labute approximate surface area is 163 Å². The molecule has 1 aliphatic heterocycles. The molecule has 4 aromatic rings. The van der Waals surface area contributed by atoms with Crippen LogP contribution in [0.2, 0.25) is 0 Å². The Kier molecular flexibility index (Phi) is 4.31. The van der Waals surface area contributed by atoms with Crippen molar-refractivity contribution in [2.75, 3.05) is 6.54 Å². The zero-order valence-electron chi connectivity index (χ0n) is 14.3. The number of thiophene rings is 2. The van der Waals surface area contributed by atoms with Crippen molar-refractivity contribution in [2.24, 2.45) is 0 Å². The van der Waals surface area contributed by atoms with Crippen molar-refractivity contribution in [3.63, 3.8) is 0 Å². The van der Waals surface area contributed by atoms with E-state index in [2.05, 4.69) is 49.3 Å². The van der Waals surface area contributed by atoms with Gasteiger partial charge in [-0.15, -0.1) is 37.7 Å². The summed E-state index contributed by atoms with van der Waals surface area (Å²) in [6.07, 6.45) is 1.04. The van der Waals surface area contributed by atoms with Gasteiger partial charge in [0.15, 0.2) is 0 Å². The molecule has 0 N–H and O–H groups in total. The van der Waals surface area contributed by atoms with E-state index in [1.807, 2.05) is 11.3 Å². The van der Waals surface area contributed by atoms with Crippen LogP contribution in [0.3, 0.4) is 0 Å². The van der Waals surface area contributed by atoms with E-state index < -0.39 is 0 Å². The molecule has 1 atom stereocenters. The maximum Gasteiger partial charge on any atom is 0.204 e. The number of fused-ring (bicyclic) bond motifs is 1. The zero-order valence-corrected chi connectivity index (χ0v) is 16.0. The minimum Gasteiger partial charge on any atom is -0.270 e. The zero-order chi connectivity index (χ0) is 18.2. The van der Waals surface area contributed by atoms with Gasteiger partial charge in [-0.2, -0.15) is 0 Å². The maximum absolute atomic E-state index is 13.1. The molecule has 0 radical (unpaired) electrons. The number of halogens is 1. The predicted octanol–water partition coefficient (Wildman–Crippen LogP) is 4.21. The summed E-state index contributed by atoms with van der Waals surface area (Å²) in [4.78, 5) is 6.80. The molecule has 8 heteroatoms. The third-order valence-electron chi connectivity index (χ3n) is 4.74. The lowest BCUT2D eigenvalue weighted by atomic mass is 9.99. The van der Waals surface area contributed by atoms with Crippen LogP contribution >= 0.6 is 22.7 Å². The van der Waals surface area contributed by atoms with Crippen molar-refractivity contribution in [1.82, 2.24) is 25.1 Å². The summed E-state index contributed by atoms with van der Waals surface area (Å²) >= 11 is 3.61. The second kappa shape index (κ2) is 6.95. The second-order valence-corrected chi connectivity index (χ2v) is 8.39. The van der Waals surface area contributed by atoms with Gasteiger partial charge in [-0.3, -0.25) is 4.90 Å². The van der Waals surface area contributed by atoms with Crippen LogP contribution in [-0.4, -0.2) is 31.7 Å². The molecule has 27 heavy (non-hydrogen) atoms. The summed E-state index contributed by atoms with van der Waals surface area (Å²) in [5.41, 5.74) is 2.14. The Bertz CT molecular complexity index is 1040. The molecule has 136 valence electrons. The molecular formula is C19H16FN5S2. The number of benzene rings is 1. The number of hydrogen-bond donors (Lipinski definition) is 0. The van der Waals surface area contributed by atoms with Crippen LogP contribution in [-0.2, 0) is 13.1 Å². The average molecular weight is 398 g/mol. The highest BCUT2D eigenvalue weighted by atomic mass is 32.1. The van der Waals surface area contributed by atoms with Gasteiger partial charge in [0.1, 0.15) is 12.5 Å². The second-order valence-electron chi connectivity index (χ2n) is 6.41. The van der Waals surface area contributed by atoms with E-state index in [4.69, 9.17) is 0 Å². The number of nitrogens with zero attached hydrogens (tertiary/aromatic N) is 5. The highest BCUT2D eigenvalue weighted by molar-refractivity contribution is 7.10. The summed E-state index contributed by atoms with van der Waals surface area (Å²) in [5, 5.41) is 17.2. The standard InChI is InChI=1S/C19H16FN5S2/c20-14-5-3-13(4-6-14)19-21-23-25(22-19)12-24-9-7-16-15(8-11-27-16)18(24)17-2-1-10-26-17/h1-6,8,10-11,18H,7,9,12H2/t18-/m1/s1. The van der Waals surface area contributed by atoms with Crippen LogP contribution in [0.5, 0.6) is 0 Å². The SMILES string of the molecule is Fc1ccc(-c2nnn(CN3CCc4sccc4[C@@H]3c3cccs3)n2)cc1. The van der Waals surface area contributed by atoms with Crippen LogP contribution in [0, 0.1) is 5.82 Å². The lowest BCUT2D eigenvalue weighted by molar-refractivity contribution is 0.148. The molecule has 0 unspecified atom stereocenters.